The largest absolute Gasteiger partial charge is 0.457 e. The lowest BCUT2D eigenvalue weighted by Gasteiger charge is -2.18. The van der Waals surface area contributed by atoms with Crippen molar-refractivity contribution >= 4 is 19.7 Å². The number of rotatable bonds is 6. The van der Waals surface area contributed by atoms with Gasteiger partial charge in [0.25, 0.3) is 0 Å². The van der Waals surface area contributed by atoms with Crippen LogP contribution in [0.15, 0.2) is 0 Å². The minimum atomic E-state index is -0.620. The SMILES string of the molecule is CC(C)C(C)B(O)OCCCS. The van der Waals surface area contributed by atoms with Crippen molar-refractivity contribution in [2.45, 2.75) is 33.0 Å². The molecule has 0 aromatic rings. The Labute approximate surface area is 81.2 Å². The minimum absolute atomic E-state index is 0.199. The smallest absolute Gasteiger partial charge is 0.427 e. The third-order valence-electron chi connectivity index (χ3n) is 2.09. The third kappa shape index (κ3) is 5.06. The molecule has 72 valence electrons. The van der Waals surface area contributed by atoms with Crippen molar-refractivity contribution in [2.75, 3.05) is 12.4 Å². The highest BCUT2D eigenvalue weighted by atomic mass is 32.1. The van der Waals surface area contributed by atoms with Crippen LogP contribution >= 0.6 is 12.6 Å². The second-order valence-electron chi connectivity index (χ2n) is 3.44. The second kappa shape index (κ2) is 6.81. The van der Waals surface area contributed by atoms with Gasteiger partial charge in [-0.3, -0.25) is 0 Å². The first-order chi connectivity index (χ1) is 5.59. The third-order valence-corrected chi connectivity index (χ3v) is 2.41. The predicted octanol–water partition coefficient (Wildman–Crippen LogP) is 1.85. The summed E-state index contributed by atoms with van der Waals surface area (Å²) in [6, 6.07) is 0. The van der Waals surface area contributed by atoms with Crippen LogP contribution in [-0.2, 0) is 4.65 Å². The quantitative estimate of drug-likeness (QED) is 0.380. The van der Waals surface area contributed by atoms with Gasteiger partial charge in [-0.2, -0.15) is 12.6 Å². The molecule has 1 unspecified atom stereocenters. The van der Waals surface area contributed by atoms with Gasteiger partial charge in [0.1, 0.15) is 0 Å². The van der Waals surface area contributed by atoms with Crippen LogP contribution in [0.5, 0.6) is 0 Å². The Bertz CT molecular complexity index is 111. The lowest BCUT2D eigenvalue weighted by atomic mass is 9.67. The molecule has 0 saturated carbocycles. The maximum absolute atomic E-state index is 9.47. The van der Waals surface area contributed by atoms with Gasteiger partial charge in [0.2, 0.25) is 0 Å². The molecule has 0 aromatic carbocycles. The molecule has 4 heteroatoms. The van der Waals surface area contributed by atoms with Crippen LogP contribution < -0.4 is 0 Å². The Hall–Kier alpha value is 0.335. The summed E-state index contributed by atoms with van der Waals surface area (Å²) >= 11 is 4.05. The summed E-state index contributed by atoms with van der Waals surface area (Å²) in [6.45, 7) is 6.75. The first-order valence-corrected chi connectivity index (χ1v) is 5.13. The zero-order valence-electron chi connectivity index (χ0n) is 8.16. The lowest BCUT2D eigenvalue weighted by molar-refractivity contribution is 0.243. The van der Waals surface area contributed by atoms with Gasteiger partial charge in [-0.25, -0.2) is 0 Å². The molecule has 0 saturated heterocycles. The standard InChI is InChI=1S/C8H19BO2S/c1-7(2)8(3)9(10)11-5-4-6-12/h7-8,10,12H,4-6H2,1-3H3. The monoisotopic (exact) mass is 190 g/mol. The fourth-order valence-corrected chi connectivity index (χ4v) is 0.879. The van der Waals surface area contributed by atoms with E-state index in [0.29, 0.717) is 12.5 Å². The Morgan fingerprint density at radius 3 is 2.42 bits per heavy atom. The maximum atomic E-state index is 9.47. The maximum Gasteiger partial charge on any atom is 0.457 e. The molecule has 0 heterocycles. The van der Waals surface area contributed by atoms with Crippen LogP contribution in [-0.4, -0.2) is 24.5 Å². The average molecular weight is 190 g/mol. The normalized spacial score (nSPS) is 13.5. The van der Waals surface area contributed by atoms with Crippen molar-refractivity contribution < 1.29 is 9.68 Å². The van der Waals surface area contributed by atoms with Crippen molar-refractivity contribution in [3.63, 3.8) is 0 Å². The van der Waals surface area contributed by atoms with E-state index in [1.54, 1.807) is 0 Å². The van der Waals surface area contributed by atoms with Crippen molar-refractivity contribution in [3.05, 3.63) is 0 Å². The van der Waals surface area contributed by atoms with E-state index >= 15 is 0 Å². The van der Waals surface area contributed by atoms with Gasteiger partial charge in [-0.1, -0.05) is 20.8 Å². The molecule has 0 amide bonds. The van der Waals surface area contributed by atoms with Crippen LogP contribution in [0.1, 0.15) is 27.2 Å². The van der Waals surface area contributed by atoms with E-state index in [1.165, 1.54) is 0 Å². The number of hydrogen-bond donors (Lipinski definition) is 2. The second-order valence-corrected chi connectivity index (χ2v) is 3.89. The van der Waals surface area contributed by atoms with Crippen LogP contribution in [0.4, 0.5) is 0 Å². The van der Waals surface area contributed by atoms with Gasteiger partial charge < -0.3 is 9.68 Å². The Balaban J connectivity index is 3.49. The highest BCUT2D eigenvalue weighted by Gasteiger charge is 2.24. The first kappa shape index (κ1) is 12.3. The van der Waals surface area contributed by atoms with Gasteiger partial charge in [0.15, 0.2) is 0 Å². The average Bonchev–Trinajstić information content (AvgIpc) is 2.03. The fourth-order valence-electron chi connectivity index (χ4n) is 0.750. The molecule has 0 radical (unpaired) electrons. The van der Waals surface area contributed by atoms with Gasteiger partial charge in [0.05, 0.1) is 0 Å². The van der Waals surface area contributed by atoms with E-state index in [9.17, 15) is 5.02 Å². The van der Waals surface area contributed by atoms with Crippen molar-refractivity contribution in [1.29, 1.82) is 0 Å². The number of hydrogen-bond acceptors (Lipinski definition) is 3. The van der Waals surface area contributed by atoms with Gasteiger partial charge in [-0.05, 0) is 23.9 Å². The fraction of sp³-hybridized carbons (Fsp3) is 1.00. The van der Waals surface area contributed by atoms with E-state index in [0.717, 1.165) is 12.2 Å². The summed E-state index contributed by atoms with van der Waals surface area (Å²) in [5.41, 5.74) is 0. The molecule has 1 atom stereocenters. The molecule has 2 nitrogen and oxygen atoms in total. The number of thiol groups is 1. The zero-order valence-corrected chi connectivity index (χ0v) is 9.05. The van der Waals surface area contributed by atoms with Crippen molar-refractivity contribution in [1.82, 2.24) is 0 Å². The molecule has 0 bridgehead atoms. The van der Waals surface area contributed by atoms with Crippen LogP contribution in [0.3, 0.4) is 0 Å². The topological polar surface area (TPSA) is 29.5 Å². The molecule has 0 aromatic heterocycles. The summed E-state index contributed by atoms with van der Waals surface area (Å²) in [4.78, 5) is 0. The summed E-state index contributed by atoms with van der Waals surface area (Å²) in [6.07, 6.45) is 0.894. The van der Waals surface area contributed by atoms with Gasteiger partial charge >= 0.3 is 7.12 Å². The highest BCUT2D eigenvalue weighted by Crippen LogP contribution is 2.19. The lowest BCUT2D eigenvalue weighted by Crippen LogP contribution is -2.27. The molecule has 12 heavy (non-hydrogen) atoms. The Morgan fingerprint density at radius 2 is 2.00 bits per heavy atom. The summed E-state index contributed by atoms with van der Waals surface area (Å²) in [7, 11) is -0.620. The van der Waals surface area contributed by atoms with E-state index in [4.69, 9.17) is 4.65 Å². The molecule has 0 aliphatic heterocycles. The Kier molecular flexibility index (Phi) is 7.00. The summed E-state index contributed by atoms with van der Waals surface area (Å²) in [5.74, 6) is 1.46. The summed E-state index contributed by atoms with van der Waals surface area (Å²) < 4.78 is 5.21. The van der Waals surface area contributed by atoms with E-state index in [-0.39, 0.29) is 5.82 Å². The molecule has 0 aliphatic rings. The van der Waals surface area contributed by atoms with Crippen LogP contribution in [0.2, 0.25) is 5.82 Å². The highest BCUT2D eigenvalue weighted by molar-refractivity contribution is 7.80. The van der Waals surface area contributed by atoms with E-state index in [2.05, 4.69) is 26.5 Å². The minimum Gasteiger partial charge on any atom is -0.427 e. The molecular weight excluding hydrogens is 171 g/mol. The van der Waals surface area contributed by atoms with Crippen LogP contribution in [0, 0.1) is 5.92 Å². The summed E-state index contributed by atoms with van der Waals surface area (Å²) in [5, 5.41) is 9.47. The van der Waals surface area contributed by atoms with Crippen molar-refractivity contribution in [3.8, 4) is 0 Å². The van der Waals surface area contributed by atoms with E-state index in [1.807, 2.05) is 6.92 Å². The zero-order chi connectivity index (χ0) is 9.56. The van der Waals surface area contributed by atoms with Crippen molar-refractivity contribution in [2.24, 2.45) is 5.92 Å². The predicted molar refractivity (Wildman–Crippen MR) is 56.7 cm³/mol. The molecule has 0 spiro atoms. The molecular formula is C8H19BO2S. The van der Waals surface area contributed by atoms with Gasteiger partial charge in [-0.15, -0.1) is 0 Å². The molecule has 0 rings (SSSR count). The molecule has 0 aliphatic carbocycles. The first-order valence-electron chi connectivity index (χ1n) is 4.50. The molecule has 0 fully saturated rings. The van der Waals surface area contributed by atoms with Gasteiger partial charge in [0, 0.05) is 6.61 Å². The van der Waals surface area contributed by atoms with Crippen LogP contribution in [0.25, 0.3) is 0 Å². The molecule has 1 N–H and O–H groups in total. The van der Waals surface area contributed by atoms with E-state index < -0.39 is 7.12 Å². The Morgan fingerprint density at radius 1 is 1.42 bits per heavy atom.